The highest BCUT2D eigenvalue weighted by Gasteiger charge is 2.18. The molecule has 1 N–H and O–H groups in total. The van der Waals surface area contributed by atoms with Crippen molar-refractivity contribution in [1.82, 2.24) is 4.90 Å². The minimum Gasteiger partial charge on any atom is -0.491 e. The van der Waals surface area contributed by atoms with E-state index < -0.39 is 6.09 Å². The van der Waals surface area contributed by atoms with Gasteiger partial charge in [0.05, 0.1) is 18.9 Å². The lowest BCUT2D eigenvalue weighted by atomic mass is 10.3. The van der Waals surface area contributed by atoms with Crippen LogP contribution in [0.3, 0.4) is 0 Å². The maximum atomic E-state index is 12.5. The lowest BCUT2D eigenvalue weighted by Crippen LogP contribution is -2.38. The summed E-state index contributed by atoms with van der Waals surface area (Å²) < 4.78 is 17.2. The first-order valence-corrected chi connectivity index (χ1v) is 10.6. The number of para-hydroxylation sites is 2. The molecule has 6 nitrogen and oxygen atoms in total. The molecule has 160 valence electrons. The van der Waals surface area contributed by atoms with Gasteiger partial charge in [-0.15, -0.1) is 0 Å². The average molecular weight is 395 g/mol. The van der Waals surface area contributed by atoms with Crippen LogP contribution in [0.25, 0.3) is 0 Å². The van der Waals surface area contributed by atoms with E-state index in [2.05, 4.69) is 37.9 Å². The molecule has 0 saturated heterocycles. The number of hydrogen-bond donors (Lipinski definition) is 1. The minimum absolute atomic E-state index is 0.315. The fraction of sp³-hybridized carbons (Fsp3) is 0.682. The highest BCUT2D eigenvalue weighted by Crippen LogP contribution is 2.24. The molecule has 1 aromatic carbocycles. The first-order valence-electron chi connectivity index (χ1n) is 10.6. The van der Waals surface area contributed by atoms with Crippen molar-refractivity contribution in [1.29, 1.82) is 0 Å². The molecule has 0 aliphatic heterocycles. The van der Waals surface area contributed by atoms with E-state index in [9.17, 15) is 4.79 Å². The molecular weight excluding hydrogens is 356 g/mol. The lowest BCUT2D eigenvalue weighted by Gasteiger charge is -2.25. The summed E-state index contributed by atoms with van der Waals surface area (Å²) in [5.41, 5.74) is 0.622. The number of benzene rings is 1. The molecule has 1 amide bonds. The van der Waals surface area contributed by atoms with E-state index in [1.165, 1.54) is 0 Å². The van der Waals surface area contributed by atoms with Crippen LogP contribution >= 0.6 is 0 Å². The maximum Gasteiger partial charge on any atom is 0.412 e. The van der Waals surface area contributed by atoms with Gasteiger partial charge < -0.3 is 19.1 Å². The molecule has 0 radical (unpaired) electrons. The third-order valence-electron chi connectivity index (χ3n) is 4.46. The molecule has 0 aromatic heterocycles. The SMILES string of the molecule is CCCCOCC(CN(CC)CC)OC(=O)Nc1ccccc1OCCCC. The Kier molecular flexibility index (Phi) is 13.1. The zero-order valence-electron chi connectivity index (χ0n) is 18.0. The van der Waals surface area contributed by atoms with Crippen LogP contribution < -0.4 is 10.1 Å². The molecule has 1 atom stereocenters. The Balaban J connectivity index is 2.65. The van der Waals surface area contributed by atoms with Crippen molar-refractivity contribution in [2.24, 2.45) is 0 Å². The third kappa shape index (κ3) is 9.95. The predicted molar refractivity (Wildman–Crippen MR) is 114 cm³/mol. The Morgan fingerprint density at radius 3 is 2.39 bits per heavy atom. The van der Waals surface area contributed by atoms with Crippen molar-refractivity contribution in [3.63, 3.8) is 0 Å². The van der Waals surface area contributed by atoms with Gasteiger partial charge in [-0.1, -0.05) is 52.7 Å². The average Bonchev–Trinajstić information content (AvgIpc) is 2.70. The number of anilines is 1. The van der Waals surface area contributed by atoms with Crippen LogP contribution in [0.2, 0.25) is 0 Å². The summed E-state index contributed by atoms with van der Waals surface area (Å²) >= 11 is 0. The third-order valence-corrected chi connectivity index (χ3v) is 4.46. The van der Waals surface area contributed by atoms with Crippen LogP contribution in [0.1, 0.15) is 53.4 Å². The van der Waals surface area contributed by atoms with Crippen LogP contribution in [0.15, 0.2) is 24.3 Å². The van der Waals surface area contributed by atoms with Crippen molar-refractivity contribution < 1.29 is 19.0 Å². The minimum atomic E-state index is -0.484. The van der Waals surface area contributed by atoms with E-state index in [4.69, 9.17) is 14.2 Å². The predicted octanol–water partition coefficient (Wildman–Crippen LogP) is 4.94. The molecule has 0 aliphatic carbocycles. The van der Waals surface area contributed by atoms with Gasteiger partial charge in [0.1, 0.15) is 11.9 Å². The largest absolute Gasteiger partial charge is 0.491 e. The number of hydrogen-bond acceptors (Lipinski definition) is 5. The van der Waals surface area contributed by atoms with Crippen LogP contribution in [0, 0.1) is 0 Å². The van der Waals surface area contributed by atoms with Crippen molar-refractivity contribution in [3.8, 4) is 5.75 Å². The lowest BCUT2D eigenvalue weighted by molar-refractivity contribution is 0.00804. The second kappa shape index (κ2) is 15.2. The summed E-state index contributed by atoms with van der Waals surface area (Å²) in [6.45, 7) is 12.6. The second-order valence-corrected chi connectivity index (χ2v) is 6.76. The Morgan fingerprint density at radius 2 is 1.71 bits per heavy atom. The molecule has 0 fully saturated rings. The molecule has 0 heterocycles. The number of likely N-dealkylation sites (N-methyl/N-ethyl adjacent to an activating group) is 1. The van der Waals surface area contributed by atoms with Crippen LogP contribution in [-0.4, -0.2) is 56.6 Å². The molecule has 1 aromatic rings. The van der Waals surface area contributed by atoms with Gasteiger partial charge >= 0.3 is 6.09 Å². The zero-order chi connectivity index (χ0) is 20.6. The maximum absolute atomic E-state index is 12.5. The Hall–Kier alpha value is -1.79. The summed E-state index contributed by atoms with van der Waals surface area (Å²) in [7, 11) is 0. The Labute approximate surface area is 170 Å². The van der Waals surface area contributed by atoms with Crippen LogP contribution in [0.4, 0.5) is 10.5 Å². The highest BCUT2D eigenvalue weighted by atomic mass is 16.6. The zero-order valence-corrected chi connectivity index (χ0v) is 18.0. The first-order chi connectivity index (χ1) is 13.6. The normalized spacial score (nSPS) is 12.0. The van der Waals surface area contributed by atoms with Crippen molar-refractivity contribution in [2.45, 2.75) is 59.5 Å². The first kappa shape index (κ1) is 24.2. The van der Waals surface area contributed by atoms with E-state index >= 15 is 0 Å². The number of nitrogens with zero attached hydrogens (tertiary/aromatic N) is 1. The summed E-state index contributed by atoms with van der Waals surface area (Å²) in [6.07, 6.45) is 3.32. The molecule has 0 saturated carbocycles. The Morgan fingerprint density at radius 1 is 1.04 bits per heavy atom. The van der Waals surface area contributed by atoms with E-state index in [1.54, 1.807) is 0 Å². The van der Waals surface area contributed by atoms with Gasteiger partial charge in [-0.25, -0.2) is 4.79 Å². The topological polar surface area (TPSA) is 60.0 Å². The molecule has 0 spiro atoms. The van der Waals surface area contributed by atoms with Crippen molar-refractivity contribution >= 4 is 11.8 Å². The number of nitrogens with one attached hydrogen (secondary N) is 1. The highest BCUT2D eigenvalue weighted by molar-refractivity contribution is 5.86. The van der Waals surface area contributed by atoms with Crippen LogP contribution in [-0.2, 0) is 9.47 Å². The monoisotopic (exact) mass is 394 g/mol. The number of ether oxygens (including phenoxy) is 3. The molecule has 0 bridgehead atoms. The Bertz CT molecular complexity index is 535. The summed E-state index contributed by atoms with van der Waals surface area (Å²) in [4.78, 5) is 14.7. The second-order valence-electron chi connectivity index (χ2n) is 6.76. The van der Waals surface area contributed by atoms with Gasteiger partial charge in [-0.3, -0.25) is 5.32 Å². The number of carbonyl (C=O) groups is 1. The molecule has 6 heteroatoms. The van der Waals surface area contributed by atoms with Gasteiger partial charge in [0.25, 0.3) is 0 Å². The molecule has 28 heavy (non-hydrogen) atoms. The van der Waals surface area contributed by atoms with E-state index in [0.717, 1.165) is 38.8 Å². The molecule has 1 unspecified atom stereocenters. The smallest absolute Gasteiger partial charge is 0.412 e. The van der Waals surface area contributed by atoms with Gasteiger partial charge in [0.15, 0.2) is 0 Å². The quantitative estimate of drug-likeness (QED) is 0.427. The van der Waals surface area contributed by atoms with Gasteiger partial charge in [-0.2, -0.15) is 0 Å². The van der Waals surface area contributed by atoms with E-state index in [0.29, 0.717) is 37.8 Å². The summed E-state index contributed by atoms with van der Waals surface area (Å²) in [5.74, 6) is 0.660. The fourth-order valence-electron chi connectivity index (χ4n) is 2.67. The van der Waals surface area contributed by atoms with E-state index in [-0.39, 0.29) is 6.10 Å². The van der Waals surface area contributed by atoms with E-state index in [1.807, 2.05) is 24.3 Å². The van der Waals surface area contributed by atoms with Gasteiger partial charge in [-0.05, 0) is 38.1 Å². The molecule has 0 aliphatic rings. The van der Waals surface area contributed by atoms with Gasteiger partial charge in [0.2, 0.25) is 0 Å². The number of amides is 1. The molecular formula is C22H38N2O4. The fourth-order valence-corrected chi connectivity index (χ4v) is 2.67. The van der Waals surface area contributed by atoms with Gasteiger partial charge in [0, 0.05) is 13.2 Å². The summed E-state index contributed by atoms with van der Waals surface area (Å²) in [6, 6.07) is 7.43. The number of unbranched alkanes of at least 4 members (excludes halogenated alkanes) is 2. The number of carbonyl (C=O) groups excluding carboxylic acids is 1. The van der Waals surface area contributed by atoms with Crippen molar-refractivity contribution in [2.75, 3.05) is 44.8 Å². The summed E-state index contributed by atoms with van der Waals surface area (Å²) in [5, 5.41) is 2.82. The van der Waals surface area contributed by atoms with Crippen molar-refractivity contribution in [3.05, 3.63) is 24.3 Å². The standard InChI is InChI=1S/C22H38N2O4/c1-5-9-15-26-18-19(17-24(7-3)8-4)28-22(25)23-20-13-11-12-14-21(20)27-16-10-6-2/h11-14,19H,5-10,15-18H2,1-4H3,(H,23,25). The number of rotatable bonds is 15. The molecule has 1 rings (SSSR count). The van der Waals surface area contributed by atoms with Crippen LogP contribution in [0.5, 0.6) is 5.75 Å².